The van der Waals surface area contributed by atoms with Gasteiger partial charge in [-0.3, -0.25) is 0 Å². The second-order valence-corrected chi connectivity index (χ2v) is 13.0. The van der Waals surface area contributed by atoms with E-state index >= 15 is 0 Å². The highest BCUT2D eigenvalue weighted by Crippen LogP contribution is 2.42. The van der Waals surface area contributed by atoms with Gasteiger partial charge in [-0.05, 0) is 67.8 Å². The maximum Gasteiger partial charge on any atom is 0.339 e. The summed E-state index contributed by atoms with van der Waals surface area (Å²) in [5.74, 6) is -1.93. The number of hydrogen-bond acceptors (Lipinski definition) is 9. The van der Waals surface area contributed by atoms with Crippen molar-refractivity contribution in [3.8, 4) is 17.2 Å². The van der Waals surface area contributed by atoms with Crippen molar-refractivity contribution in [1.82, 2.24) is 0 Å². The zero-order chi connectivity index (χ0) is 28.4. The van der Waals surface area contributed by atoms with Gasteiger partial charge in [0, 0.05) is 0 Å². The highest BCUT2D eigenvalue weighted by molar-refractivity contribution is 7.88. The van der Waals surface area contributed by atoms with Gasteiger partial charge in [0.15, 0.2) is 11.5 Å². The Bertz CT molecular complexity index is 1770. The minimum absolute atomic E-state index is 0.170. The van der Waals surface area contributed by atoms with Gasteiger partial charge in [0.1, 0.15) is 14.7 Å². The van der Waals surface area contributed by atoms with Crippen LogP contribution < -0.4 is 12.5 Å². The third kappa shape index (κ3) is 6.08. The van der Waals surface area contributed by atoms with E-state index in [9.17, 15) is 25.3 Å². The molecule has 12 heteroatoms. The summed E-state index contributed by atoms with van der Waals surface area (Å²) in [4.78, 5) is -0.553. The van der Waals surface area contributed by atoms with Crippen LogP contribution in [0.15, 0.2) is 106 Å². The van der Waals surface area contributed by atoms with Crippen LogP contribution in [0.25, 0.3) is 0 Å². The van der Waals surface area contributed by atoms with Gasteiger partial charge in [-0.2, -0.15) is 25.3 Å². The molecule has 0 N–H and O–H groups in total. The van der Waals surface area contributed by atoms with E-state index in [-0.39, 0.29) is 14.7 Å². The Hall–Kier alpha value is -3.87. The predicted molar refractivity (Wildman–Crippen MR) is 143 cm³/mol. The van der Waals surface area contributed by atoms with Crippen molar-refractivity contribution < 1.29 is 37.8 Å². The first kappa shape index (κ1) is 28.1. The van der Waals surface area contributed by atoms with Crippen LogP contribution in [0, 0.1) is 20.8 Å². The summed E-state index contributed by atoms with van der Waals surface area (Å²) in [6.45, 7) is 4.66. The highest BCUT2D eigenvalue weighted by Gasteiger charge is 2.30. The second-order valence-electron chi connectivity index (χ2n) is 8.49. The molecule has 0 bridgehead atoms. The zero-order valence-electron chi connectivity index (χ0n) is 21.1. The maximum absolute atomic E-state index is 13.3. The lowest BCUT2D eigenvalue weighted by atomic mass is 10.2. The summed E-state index contributed by atoms with van der Waals surface area (Å²) in [5, 5.41) is 0. The maximum atomic E-state index is 13.3. The molecule has 0 aromatic heterocycles. The third-order valence-electron chi connectivity index (χ3n) is 5.62. The molecule has 0 amide bonds. The van der Waals surface area contributed by atoms with Gasteiger partial charge in [0.05, 0.1) is 0 Å². The standard InChI is InChI=1S/C27H24O9S3/c1-19-11-4-7-16-24(19)37(28,29)34-22-14-10-15-23(35-38(30,31)25-17-8-5-12-20(25)2)27(22)36-39(32,33)26-18-9-6-13-21(26)3/h4-18H,1-3H3. The minimum atomic E-state index is -4.60. The largest absolute Gasteiger partial charge is 0.375 e. The lowest BCUT2D eigenvalue weighted by Gasteiger charge is -2.17. The monoisotopic (exact) mass is 588 g/mol. The zero-order valence-corrected chi connectivity index (χ0v) is 23.5. The van der Waals surface area contributed by atoms with E-state index in [4.69, 9.17) is 12.5 Å². The number of hydrogen-bond donors (Lipinski definition) is 0. The van der Waals surface area contributed by atoms with Crippen molar-refractivity contribution in [2.24, 2.45) is 0 Å². The smallest absolute Gasteiger partial charge is 0.339 e. The summed E-state index contributed by atoms with van der Waals surface area (Å²) in [5.41, 5.74) is 1.10. The number of para-hydroxylation sites is 1. The molecule has 0 unspecified atom stereocenters. The van der Waals surface area contributed by atoms with E-state index in [0.29, 0.717) is 16.7 Å². The van der Waals surface area contributed by atoms with Crippen LogP contribution in [0.3, 0.4) is 0 Å². The first-order chi connectivity index (χ1) is 18.3. The number of aryl methyl sites for hydroxylation is 3. The van der Waals surface area contributed by atoms with Crippen molar-refractivity contribution in [3.63, 3.8) is 0 Å². The molecule has 0 spiro atoms. The Morgan fingerprint density at radius 2 is 0.718 bits per heavy atom. The average molecular weight is 589 g/mol. The summed E-state index contributed by atoms with van der Waals surface area (Å²) in [7, 11) is -13.6. The van der Waals surface area contributed by atoms with E-state index in [2.05, 4.69) is 0 Å². The topological polar surface area (TPSA) is 130 Å². The molecular weight excluding hydrogens is 564 g/mol. The summed E-state index contributed by atoms with van der Waals surface area (Å²) >= 11 is 0. The van der Waals surface area contributed by atoms with Crippen LogP contribution in [0.4, 0.5) is 0 Å². The van der Waals surface area contributed by atoms with Crippen LogP contribution in [-0.4, -0.2) is 25.3 Å². The van der Waals surface area contributed by atoms with Crippen molar-refractivity contribution >= 4 is 30.4 Å². The Labute approximate surface area is 228 Å². The van der Waals surface area contributed by atoms with Gasteiger partial charge in [-0.1, -0.05) is 60.7 Å². The molecule has 0 saturated heterocycles. The lowest BCUT2D eigenvalue weighted by molar-refractivity contribution is 0.427. The normalized spacial score (nSPS) is 12.1. The Morgan fingerprint density at radius 3 is 1.05 bits per heavy atom. The van der Waals surface area contributed by atoms with Crippen LogP contribution in [-0.2, 0) is 30.4 Å². The van der Waals surface area contributed by atoms with E-state index in [1.807, 2.05) is 0 Å². The van der Waals surface area contributed by atoms with Gasteiger partial charge in [-0.15, -0.1) is 0 Å². The summed E-state index contributed by atoms with van der Waals surface area (Å²) < 4.78 is 95.1. The molecule has 204 valence electrons. The molecule has 4 aromatic carbocycles. The van der Waals surface area contributed by atoms with Crippen molar-refractivity contribution in [3.05, 3.63) is 108 Å². The average Bonchev–Trinajstić information content (AvgIpc) is 2.86. The fourth-order valence-corrected chi connectivity index (χ4v) is 7.21. The van der Waals surface area contributed by atoms with Gasteiger partial charge in [0.25, 0.3) is 0 Å². The van der Waals surface area contributed by atoms with E-state index in [1.54, 1.807) is 57.2 Å². The van der Waals surface area contributed by atoms with Crippen LogP contribution in [0.2, 0.25) is 0 Å². The fraction of sp³-hybridized carbons (Fsp3) is 0.111. The van der Waals surface area contributed by atoms with Gasteiger partial charge in [-0.25, -0.2) is 0 Å². The summed E-state index contributed by atoms with van der Waals surface area (Å²) in [6, 6.07) is 21.5. The minimum Gasteiger partial charge on any atom is -0.375 e. The Balaban J connectivity index is 1.86. The van der Waals surface area contributed by atoms with E-state index in [1.165, 1.54) is 42.5 Å². The van der Waals surface area contributed by atoms with E-state index < -0.39 is 47.6 Å². The quantitative estimate of drug-likeness (QED) is 0.250. The van der Waals surface area contributed by atoms with Crippen LogP contribution in [0.1, 0.15) is 16.7 Å². The van der Waals surface area contributed by atoms with Gasteiger partial charge < -0.3 is 12.5 Å². The Kier molecular flexibility index (Phi) is 7.73. The highest BCUT2D eigenvalue weighted by atomic mass is 32.2. The molecule has 0 atom stereocenters. The van der Waals surface area contributed by atoms with Crippen LogP contribution >= 0.6 is 0 Å². The van der Waals surface area contributed by atoms with Crippen molar-refractivity contribution in [2.45, 2.75) is 35.5 Å². The molecule has 0 radical (unpaired) electrons. The van der Waals surface area contributed by atoms with Gasteiger partial charge in [0.2, 0.25) is 5.75 Å². The van der Waals surface area contributed by atoms with Gasteiger partial charge >= 0.3 is 30.4 Å². The molecule has 0 fully saturated rings. The molecule has 0 aliphatic heterocycles. The third-order valence-corrected chi connectivity index (χ3v) is 9.80. The van der Waals surface area contributed by atoms with Crippen molar-refractivity contribution in [2.75, 3.05) is 0 Å². The molecule has 39 heavy (non-hydrogen) atoms. The molecule has 4 aromatic rings. The molecule has 9 nitrogen and oxygen atoms in total. The number of rotatable bonds is 9. The number of benzene rings is 4. The Morgan fingerprint density at radius 1 is 0.410 bits per heavy atom. The molecule has 0 aliphatic carbocycles. The summed E-state index contributed by atoms with van der Waals surface area (Å²) in [6.07, 6.45) is 0. The molecule has 4 rings (SSSR count). The molecule has 0 saturated carbocycles. The SMILES string of the molecule is Cc1ccccc1S(=O)(=O)Oc1cccc(OS(=O)(=O)c2ccccc2C)c1OS(=O)(=O)c1ccccc1C. The fourth-order valence-electron chi connectivity index (χ4n) is 3.70. The second kappa shape index (κ2) is 10.7. The van der Waals surface area contributed by atoms with E-state index in [0.717, 1.165) is 12.1 Å². The molecule has 0 aliphatic rings. The van der Waals surface area contributed by atoms with Crippen molar-refractivity contribution in [1.29, 1.82) is 0 Å². The predicted octanol–water partition coefficient (Wildman–Crippen LogP) is 4.91. The van der Waals surface area contributed by atoms with Crippen LogP contribution in [0.5, 0.6) is 17.2 Å². The first-order valence-electron chi connectivity index (χ1n) is 11.5. The molecule has 0 heterocycles. The lowest BCUT2D eigenvalue weighted by Crippen LogP contribution is -2.17. The molecular formula is C27H24O9S3. The first-order valence-corrected chi connectivity index (χ1v) is 15.7.